The molecule has 16 heavy (non-hydrogen) atoms. The molecule has 0 aromatic carbocycles. The van der Waals surface area contributed by atoms with Gasteiger partial charge in [-0.05, 0) is 17.3 Å². The standard InChI is InChI=1S/C12H23O3P/c1-11(2,3)8-12(4,5)9(7-16-15)6-10(13)14/h9H,6-8H2,1-5H3,(H,13,14)/p+1/t9-/m0/s1. The molecule has 0 saturated heterocycles. The Hall–Kier alpha value is -0.430. The van der Waals surface area contributed by atoms with Crippen LogP contribution >= 0.6 is 8.46 Å². The summed E-state index contributed by atoms with van der Waals surface area (Å²) in [5.74, 6) is -0.815. The smallest absolute Gasteiger partial charge is 0.325 e. The molecule has 0 aliphatic carbocycles. The summed E-state index contributed by atoms with van der Waals surface area (Å²) >= 11 is 0. The van der Waals surface area contributed by atoms with Gasteiger partial charge < -0.3 is 5.11 Å². The molecule has 0 bridgehead atoms. The van der Waals surface area contributed by atoms with Crippen molar-refractivity contribution in [1.82, 2.24) is 0 Å². The summed E-state index contributed by atoms with van der Waals surface area (Å²) in [5.41, 5.74) is 0.0697. The van der Waals surface area contributed by atoms with Gasteiger partial charge >= 0.3 is 14.4 Å². The van der Waals surface area contributed by atoms with Gasteiger partial charge in [-0.25, -0.2) is 0 Å². The minimum Gasteiger partial charge on any atom is -0.481 e. The molecule has 0 amide bonds. The SMILES string of the molecule is CC(C)(C)CC(C)(C)[C@H](C[PH+]=O)CC(=O)O. The highest BCUT2D eigenvalue weighted by molar-refractivity contribution is 7.23. The normalized spacial score (nSPS) is 15.1. The molecule has 2 atom stereocenters. The van der Waals surface area contributed by atoms with Crippen LogP contribution in [0.15, 0.2) is 0 Å². The molecule has 1 N–H and O–H groups in total. The fraction of sp³-hybridized carbons (Fsp3) is 0.917. The van der Waals surface area contributed by atoms with Crippen LogP contribution in [0.1, 0.15) is 47.5 Å². The Balaban J connectivity index is 4.73. The van der Waals surface area contributed by atoms with Crippen molar-refractivity contribution in [2.45, 2.75) is 47.5 Å². The highest BCUT2D eigenvalue weighted by Crippen LogP contribution is 2.41. The lowest BCUT2D eigenvalue weighted by molar-refractivity contribution is -0.139. The van der Waals surface area contributed by atoms with Crippen LogP contribution in [0.2, 0.25) is 0 Å². The lowest BCUT2D eigenvalue weighted by Gasteiger charge is -2.36. The summed E-state index contributed by atoms with van der Waals surface area (Å²) in [5, 5.41) is 8.87. The molecule has 94 valence electrons. The Morgan fingerprint density at radius 1 is 1.25 bits per heavy atom. The van der Waals surface area contributed by atoms with Gasteiger partial charge in [0.05, 0.1) is 6.42 Å². The minimum absolute atomic E-state index is 0.0138. The molecule has 0 spiro atoms. The van der Waals surface area contributed by atoms with Crippen LogP contribution in [0.4, 0.5) is 0 Å². The summed E-state index contributed by atoms with van der Waals surface area (Å²) in [4.78, 5) is 10.8. The zero-order valence-electron chi connectivity index (χ0n) is 11.0. The average Bonchev–Trinajstić information content (AvgIpc) is 1.97. The van der Waals surface area contributed by atoms with Crippen molar-refractivity contribution in [3.63, 3.8) is 0 Å². The number of carboxylic acid groups (broad SMARTS) is 1. The molecule has 0 aromatic rings. The third kappa shape index (κ3) is 6.22. The maximum atomic E-state index is 10.8. The average molecular weight is 247 g/mol. The molecule has 1 unspecified atom stereocenters. The van der Waals surface area contributed by atoms with E-state index in [4.69, 9.17) is 5.11 Å². The molecule has 0 radical (unpaired) electrons. The van der Waals surface area contributed by atoms with E-state index in [1.807, 2.05) is 0 Å². The van der Waals surface area contributed by atoms with E-state index >= 15 is 0 Å². The predicted molar refractivity (Wildman–Crippen MR) is 67.5 cm³/mol. The Labute approximate surface area is 99.8 Å². The van der Waals surface area contributed by atoms with Gasteiger partial charge in [0.15, 0.2) is 0 Å². The van der Waals surface area contributed by atoms with Gasteiger partial charge in [0.2, 0.25) is 0 Å². The molecular formula is C12H24O3P+. The van der Waals surface area contributed by atoms with Crippen molar-refractivity contribution < 1.29 is 14.5 Å². The van der Waals surface area contributed by atoms with E-state index in [-0.39, 0.29) is 23.2 Å². The second-order valence-electron chi connectivity index (χ2n) is 6.37. The Morgan fingerprint density at radius 2 is 1.75 bits per heavy atom. The third-order valence-electron chi connectivity index (χ3n) is 2.84. The third-order valence-corrected chi connectivity index (χ3v) is 3.50. The van der Waals surface area contributed by atoms with Crippen molar-refractivity contribution >= 4 is 14.4 Å². The lowest BCUT2D eigenvalue weighted by atomic mass is 9.68. The monoisotopic (exact) mass is 247 g/mol. The van der Waals surface area contributed by atoms with E-state index < -0.39 is 14.4 Å². The van der Waals surface area contributed by atoms with Crippen LogP contribution in [0.5, 0.6) is 0 Å². The predicted octanol–water partition coefficient (Wildman–Crippen LogP) is 3.56. The number of rotatable bonds is 6. The Kier molecular flexibility index (Phi) is 5.61. The molecule has 4 heteroatoms. The van der Waals surface area contributed by atoms with Gasteiger partial charge in [0, 0.05) is 5.92 Å². The second-order valence-corrected chi connectivity index (χ2v) is 7.07. The number of hydrogen-bond acceptors (Lipinski definition) is 2. The fourth-order valence-electron chi connectivity index (χ4n) is 2.45. The van der Waals surface area contributed by atoms with Gasteiger partial charge in [-0.1, -0.05) is 39.2 Å². The summed E-state index contributed by atoms with van der Waals surface area (Å²) in [6.45, 7) is 10.6. The van der Waals surface area contributed by atoms with Crippen LogP contribution in [-0.4, -0.2) is 17.2 Å². The van der Waals surface area contributed by atoms with Gasteiger partial charge in [0.25, 0.3) is 0 Å². The highest BCUT2D eigenvalue weighted by atomic mass is 31.1. The molecule has 0 heterocycles. The van der Waals surface area contributed by atoms with Crippen LogP contribution in [-0.2, 0) is 9.36 Å². The zero-order valence-corrected chi connectivity index (χ0v) is 12.0. The van der Waals surface area contributed by atoms with Crippen molar-refractivity contribution in [1.29, 1.82) is 0 Å². The molecule has 0 aliphatic rings. The summed E-state index contributed by atoms with van der Waals surface area (Å²) < 4.78 is 10.8. The van der Waals surface area contributed by atoms with Gasteiger partial charge in [-0.2, -0.15) is 0 Å². The van der Waals surface area contributed by atoms with E-state index in [1.165, 1.54) is 0 Å². The van der Waals surface area contributed by atoms with E-state index in [2.05, 4.69) is 34.6 Å². The molecule has 0 aromatic heterocycles. The molecular weight excluding hydrogens is 223 g/mol. The summed E-state index contributed by atoms with van der Waals surface area (Å²) in [6.07, 6.45) is 1.52. The number of aliphatic carboxylic acids is 1. The number of carboxylic acids is 1. The largest absolute Gasteiger partial charge is 0.481 e. The van der Waals surface area contributed by atoms with Gasteiger partial charge in [-0.15, -0.1) is 0 Å². The van der Waals surface area contributed by atoms with Crippen LogP contribution < -0.4 is 0 Å². The minimum atomic E-state index is -0.801. The molecule has 0 saturated carbocycles. The topological polar surface area (TPSA) is 54.4 Å². The van der Waals surface area contributed by atoms with E-state index in [0.29, 0.717) is 6.16 Å². The van der Waals surface area contributed by atoms with Crippen molar-refractivity contribution in [3.8, 4) is 0 Å². The van der Waals surface area contributed by atoms with Gasteiger partial charge in [0.1, 0.15) is 6.16 Å². The Bertz CT molecular complexity index is 253. The number of hydrogen-bond donors (Lipinski definition) is 1. The number of carbonyl (C=O) groups is 1. The molecule has 0 fully saturated rings. The van der Waals surface area contributed by atoms with E-state index in [0.717, 1.165) is 6.42 Å². The Morgan fingerprint density at radius 3 is 2.06 bits per heavy atom. The van der Waals surface area contributed by atoms with Crippen molar-refractivity contribution in [2.24, 2.45) is 16.7 Å². The summed E-state index contributed by atoms with van der Waals surface area (Å²) in [6, 6.07) is 0. The summed E-state index contributed by atoms with van der Waals surface area (Å²) in [7, 11) is -0.416. The van der Waals surface area contributed by atoms with Crippen molar-refractivity contribution in [2.75, 3.05) is 6.16 Å². The van der Waals surface area contributed by atoms with Crippen LogP contribution in [0, 0.1) is 16.7 Å². The fourth-order valence-corrected chi connectivity index (χ4v) is 3.35. The first-order chi connectivity index (χ1) is 7.08. The van der Waals surface area contributed by atoms with Gasteiger partial charge in [-0.3, -0.25) is 4.79 Å². The molecule has 0 rings (SSSR count). The maximum Gasteiger partial charge on any atom is 0.325 e. The van der Waals surface area contributed by atoms with E-state index in [1.54, 1.807) is 0 Å². The molecule has 0 aliphatic heterocycles. The van der Waals surface area contributed by atoms with Crippen molar-refractivity contribution in [3.05, 3.63) is 0 Å². The zero-order chi connectivity index (χ0) is 13.0. The lowest BCUT2D eigenvalue weighted by Crippen LogP contribution is -2.32. The highest BCUT2D eigenvalue weighted by Gasteiger charge is 2.36. The molecule has 3 nitrogen and oxygen atoms in total. The maximum absolute atomic E-state index is 10.8. The van der Waals surface area contributed by atoms with Crippen LogP contribution in [0.25, 0.3) is 0 Å². The first-order valence-corrected chi connectivity index (χ1v) is 6.77. The quantitative estimate of drug-likeness (QED) is 0.730. The second kappa shape index (κ2) is 5.77. The first kappa shape index (κ1) is 15.6. The van der Waals surface area contributed by atoms with E-state index in [9.17, 15) is 9.36 Å². The van der Waals surface area contributed by atoms with Crippen LogP contribution in [0.3, 0.4) is 0 Å². The first-order valence-electron chi connectivity index (χ1n) is 5.65.